The molecule has 0 spiro atoms. The summed E-state index contributed by atoms with van der Waals surface area (Å²) in [5.74, 6) is 1.87. The first-order valence-electron chi connectivity index (χ1n) is 8.10. The molecule has 2 aliphatic rings. The van der Waals surface area contributed by atoms with Crippen LogP contribution in [0.4, 0.5) is 0 Å². The van der Waals surface area contributed by atoms with Gasteiger partial charge in [-0.05, 0) is 48.7 Å². The van der Waals surface area contributed by atoms with E-state index in [0.717, 1.165) is 36.0 Å². The summed E-state index contributed by atoms with van der Waals surface area (Å²) in [6, 6.07) is 5.55. The lowest BCUT2D eigenvalue weighted by molar-refractivity contribution is -0.113. The van der Waals surface area contributed by atoms with Gasteiger partial charge in [0.1, 0.15) is 11.5 Å². The van der Waals surface area contributed by atoms with Crippen molar-refractivity contribution in [1.29, 1.82) is 0 Å². The average molecular weight is 346 g/mol. The summed E-state index contributed by atoms with van der Waals surface area (Å²) in [6.45, 7) is 4.19. The maximum atomic E-state index is 12.3. The van der Waals surface area contributed by atoms with Crippen LogP contribution in [0, 0.1) is 5.92 Å². The van der Waals surface area contributed by atoms with Gasteiger partial charge in [-0.3, -0.25) is 4.79 Å². The monoisotopic (exact) mass is 346 g/mol. The minimum Gasteiger partial charge on any atom is -0.497 e. The van der Waals surface area contributed by atoms with Crippen LogP contribution < -0.4 is 9.47 Å². The molecular weight excluding hydrogens is 324 g/mol. The Labute approximate surface area is 146 Å². The third-order valence-corrected chi connectivity index (χ3v) is 5.31. The Balaban J connectivity index is 1.79. The van der Waals surface area contributed by atoms with Gasteiger partial charge in [-0.1, -0.05) is 6.92 Å². The zero-order chi connectivity index (χ0) is 17.1. The predicted molar refractivity (Wildman–Crippen MR) is 97.5 cm³/mol. The van der Waals surface area contributed by atoms with Crippen LogP contribution in [-0.2, 0) is 4.79 Å². The van der Waals surface area contributed by atoms with Crippen molar-refractivity contribution in [3.05, 3.63) is 28.7 Å². The number of amidine groups is 1. The fourth-order valence-corrected chi connectivity index (χ4v) is 3.91. The predicted octanol–water partition coefficient (Wildman–Crippen LogP) is 3.41. The number of nitrogens with zero attached hydrogens (tertiary/aromatic N) is 2. The number of ether oxygens (including phenoxy) is 2. The van der Waals surface area contributed by atoms with E-state index in [4.69, 9.17) is 9.47 Å². The highest BCUT2D eigenvalue weighted by Gasteiger charge is 2.28. The lowest BCUT2D eigenvalue weighted by Crippen LogP contribution is -2.37. The van der Waals surface area contributed by atoms with Crippen LogP contribution in [0.1, 0.15) is 25.3 Å². The molecule has 0 radical (unpaired) electrons. The van der Waals surface area contributed by atoms with Crippen molar-refractivity contribution in [3.63, 3.8) is 0 Å². The van der Waals surface area contributed by atoms with E-state index in [1.165, 1.54) is 18.2 Å². The third kappa shape index (κ3) is 3.59. The molecule has 6 heteroatoms. The molecule has 1 amide bonds. The van der Waals surface area contributed by atoms with Crippen molar-refractivity contribution in [3.8, 4) is 11.5 Å². The fraction of sp³-hybridized carbons (Fsp3) is 0.444. The largest absolute Gasteiger partial charge is 0.497 e. The number of methoxy groups -OCH3 is 2. The number of piperidine rings is 1. The third-order valence-electron chi connectivity index (χ3n) is 4.26. The molecule has 1 aromatic rings. The molecule has 24 heavy (non-hydrogen) atoms. The Morgan fingerprint density at radius 3 is 2.88 bits per heavy atom. The molecule has 2 aliphatic heterocycles. The van der Waals surface area contributed by atoms with Crippen molar-refractivity contribution >= 4 is 28.9 Å². The minimum atomic E-state index is -0.175. The Kier molecular flexibility index (Phi) is 5.14. The van der Waals surface area contributed by atoms with E-state index in [1.54, 1.807) is 14.2 Å². The number of hydrogen-bond donors (Lipinski definition) is 0. The summed E-state index contributed by atoms with van der Waals surface area (Å²) < 4.78 is 10.6. The Morgan fingerprint density at radius 1 is 1.33 bits per heavy atom. The second-order valence-corrected chi connectivity index (χ2v) is 7.12. The second kappa shape index (κ2) is 7.30. The number of amides is 1. The molecule has 1 aromatic carbocycles. The van der Waals surface area contributed by atoms with E-state index in [0.29, 0.717) is 16.6 Å². The second-order valence-electron chi connectivity index (χ2n) is 6.11. The van der Waals surface area contributed by atoms with E-state index in [2.05, 4.69) is 16.8 Å². The van der Waals surface area contributed by atoms with Crippen LogP contribution in [0.25, 0.3) is 6.08 Å². The van der Waals surface area contributed by atoms with E-state index >= 15 is 0 Å². The van der Waals surface area contributed by atoms with Gasteiger partial charge in [0.25, 0.3) is 5.91 Å². The molecule has 0 unspecified atom stereocenters. The zero-order valence-corrected chi connectivity index (χ0v) is 15.1. The van der Waals surface area contributed by atoms with Gasteiger partial charge >= 0.3 is 0 Å². The maximum Gasteiger partial charge on any atom is 0.286 e. The number of benzene rings is 1. The van der Waals surface area contributed by atoms with E-state index in [9.17, 15) is 4.79 Å². The van der Waals surface area contributed by atoms with Crippen LogP contribution in [0.2, 0.25) is 0 Å². The number of carbonyl (C=O) groups is 1. The van der Waals surface area contributed by atoms with Crippen molar-refractivity contribution in [2.24, 2.45) is 10.9 Å². The normalized spacial score (nSPS) is 22.7. The quantitative estimate of drug-likeness (QED) is 0.785. The summed E-state index contributed by atoms with van der Waals surface area (Å²) in [5.41, 5.74) is 0.845. The maximum absolute atomic E-state index is 12.3. The van der Waals surface area contributed by atoms with Crippen LogP contribution in [-0.4, -0.2) is 43.3 Å². The van der Waals surface area contributed by atoms with Gasteiger partial charge in [-0.2, -0.15) is 4.99 Å². The van der Waals surface area contributed by atoms with Gasteiger partial charge in [0.2, 0.25) is 0 Å². The number of thioether (sulfide) groups is 1. The number of likely N-dealkylation sites (tertiary alicyclic amines) is 1. The van der Waals surface area contributed by atoms with Gasteiger partial charge in [0.15, 0.2) is 5.17 Å². The van der Waals surface area contributed by atoms with Crippen LogP contribution in [0.5, 0.6) is 11.5 Å². The van der Waals surface area contributed by atoms with Gasteiger partial charge in [-0.25, -0.2) is 0 Å². The molecule has 5 nitrogen and oxygen atoms in total. The molecule has 1 saturated heterocycles. The number of rotatable bonds is 3. The first-order valence-corrected chi connectivity index (χ1v) is 8.92. The number of carbonyl (C=O) groups excluding carboxylic acids is 1. The smallest absolute Gasteiger partial charge is 0.286 e. The summed E-state index contributed by atoms with van der Waals surface area (Å²) in [4.78, 5) is 19.4. The van der Waals surface area contributed by atoms with Crippen LogP contribution in [0.3, 0.4) is 0 Å². The molecule has 0 bridgehead atoms. The number of aliphatic imine (C=N–C) groups is 1. The average Bonchev–Trinajstić information content (AvgIpc) is 2.96. The van der Waals surface area contributed by atoms with Gasteiger partial charge in [0, 0.05) is 24.7 Å². The summed E-state index contributed by atoms with van der Waals surface area (Å²) in [5, 5.41) is 0.824. The molecule has 0 aliphatic carbocycles. The standard InChI is InChI=1S/C18H22N2O3S/c1-12-5-4-8-20(11-12)18-19-17(21)16(24-18)9-13-6-7-14(22-2)10-15(13)23-3/h6-7,9-10,12H,4-5,8,11H2,1-3H3/b16-9-/t12-/m1/s1. The molecule has 0 saturated carbocycles. The summed E-state index contributed by atoms with van der Waals surface area (Å²) >= 11 is 1.45. The minimum absolute atomic E-state index is 0.175. The molecule has 1 fully saturated rings. The number of hydrogen-bond acceptors (Lipinski definition) is 5. The lowest BCUT2D eigenvalue weighted by Gasteiger charge is -2.31. The van der Waals surface area contributed by atoms with Crippen molar-refractivity contribution < 1.29 is 14.3 Å². The Morgan fingerprint density at radius 2 is 2.17 bits per heavy atom. The fourth-order valence-electron chi connectivity index (χ4n) is 2.98. The van der Waals surface area contributed by atoms with E-state index < -0.39 is 0 Å². The molecular formula is C18H22N2O3S. The van der Waals surface area contributed by atoms with E-state index in [1.807, 2.05) is 24.3 Å². The molecule has 0 aromatic heterocycles. The summed E-state index contributed by atoms with van der Waals surface area (Å²) in [6.07, 6.45) is 4.24. The first kappa shape index (κ1) is 16.9. The highest BCUT2D eigenvalue weighted by atomic mass is 32.2. The highest BCUT2D eigenvalue weighted by molar-refractivity contribution is 8.18. The first-order chi connectivity index (χ1) is 11.6. The zero-order valence-electron chi connectivity index (χ0n) is 14.2. The summed E-state index contributed by atoms with van der Waals surface area (Å²) in [7, 11) is 3.22. The van der Waals surface area contributed by atoms with Crippen LogP contribution in [0.15, 0.2) is 28.1 Å². The molecule has 0 N–H and O–H groups in total. The highest BCUT2D eigenvalue weighted by Crippen LogP contribution is 2.34. The molecule has 3 rings (SSSR count). The van der Waals surface area contributed by atoms with Crippen molar-refractivity contribution in [2.75, 3.05) is 27.3 Å². The van der Waals surface area contributed by atoms with Gasteiger partial charge < -0.3 is 14.4 Å². The molecule has 1 atom stereocenters. The topological polar surface area (TPSA) is 51.1 Å². The Bertz CT molecular complexity index is 700. The van der Waals surface area contributed by atoms with Crippen LogP contribution >= 0.6 is 11.8 Å². The van der Waals surface area contributed by atoms with E-state index in [-0.39, 0.29) is 5.91 Å². The molecule has 2 heterocycles. The lowest BCUT2D eigenvalue weighted by atomic mass is 10.0. The SMILES string of the molecule is COc1ccc(/C=C2\SC(N3CCC[C@@H](C)C3)=NC2=O)c(OC)c1. The van der Waals surface area contributed by atoms with Gasteiger partial charge in [-0.15, -0.1) is 0 Å². The van der Waals surface area contributed by atoms with Gasteiger partial charge in [0.05, 0.1) is 19.1 Å². The molecule has 128 valence electrons. The Hall–Kier alpha value is -1.95. The van der Waals surface area contributed by atoms with Crippen molar-refractivity contribution in [2.45, 2.75) is 19.8 Å². The van der Waals surface area contributed by atoms with Crippen molar-refractivity contribution in [1.82, 2.24) is 4.90 Å².